The van der Waals surface area contributed by atoms with Crippen molar-refractivity contribution in [2.24, 2.45) is 7.05 Å². The highest BCUT2D eigenvalue weighted by Gasteiger charge is 2.26. The lowest BCUT2D eigenvalue weighted by atomic mass is 9.93. The van der Waals surface area contributed by atoms with E-state index in [9.17, 15) is 4.39 Å². The van der Waals surface area contributed by atoms with Crippen LogP contribution < -0.4 is 4.74 Å². The van der Waals surface area contributed by atoms with Gasteiger partial charge in [0.25, 0.3) is 0 Å². The van der Waals surface area contributed by atoms with Gasteiger partial charge in [0.15, 0.2) is 0 Å². The molecule has 0 spiro atoms. The Morgan fingerprint density at radius 1 is 1.02 bits per heavy atom. The lowest BCUT2D eigenvalue weighted by Crippen LogP contribution is -2.35. The monoisotopic (exact) mass is 600 g/mol. The molecule has 0 N–H and O–H groups in total. The lowest BCUT2D eigenvalue weighted by Gasteiger charge is -2.32. The second kappa shape index (κ2) is 12.1. The van der Waals surface area contributed by atoms with Crippen LogP contribution in [0.5, 0.6) is 5.88 Å². The number of benzene rings is 2. The number of aromatic nitrogens is 5. The van der Waals surface area contributed by atoms with Gasteiger partial charge in [-0.3, -0.25) is 9.58 Å². The number of fused-ring (bicyclic) bond motifs is 1. The van der Waals surface area contributed by atoms with Gasteiger partial charge < -0.3 is 14.0 Å². The summed E-state index contributed by atoms with van der Waals surface area (Å²) in [5.41, 5.74) is 5.62. The van der Waals surface area contributed by atoms with Crippen molar-refractivity contribution in [3.63, 3.8) is 0 Å². The fourth-order valence-electron chi connectivity index (χ4n) is 5.98. The zero-order chi connectivity index (χ0) is 29.3. The summed E-state index contributed by atoms with van der Waals surface area (Å²) in [6.07, 6.45) is 5.29. The standard InChI is InChI=1S/C33H34ClFN6O2/c1-39-13-11-29(38-39)23-6-8-31-30(17-23)36-32(41(31)19-26-12-16-42-26)20-40-14-9-22(10-15-40)28-3-2-4-33(37-28)43-21-24-5-7-25(34)18-27(24)35/h2-8,11,13,17-18,22,26H,9-10,12,14-16,19-21H2,1H3/t26-/m0/s1. The number of nitrogens with zero attached hydrogens (tertiary/aromatic N) is 6. The molecule has 8 nitrogen and oxygen atoms in total. The SMILES string of the molecule is Cn1ccc(-c2ccc3c(c2)nc(CN2CCC(c4cccc(OCc5ccc(Cl)cc5F)n4)CC2)n3C[C@@H]2CCO2)n1. The molecule has 2 aromatic carbocycles. The fourth-order valence-corrected chi connectivity index (χ4v) is 6.14. The number of pyridine rings is 1. The van der Waals surface area contributed by atoms with Gasteiger partial charge in [0.05, 0.1) is 35.9 Å². The molecule has 222 valence electrons. The van der Waals surface area contributed by atoms with Gasteiger partial charge in [0, 0.05) is 53.7 Å². The Morgan fingerprint density at radius 2 is 1.88 bits per heavy atom. The molecule has 1 atom stereocenters. The number of rotatable bonds is 9. The molecule has 0 amide bonds. The van der Waals surface area contributed by atoms with E-state index in [0.29, 0.717) is 22.4 Å². The number of aryl methyl sites for hydroxylation is 1. The van der Waals surface area contributed by atoms with E-state index >= 15 is 0 Å². The molecule has 2 saturated heterocycles. The Balaban J connectivity index is 1.02. The second-order valence-electron chi connectivity index (χ2n) is 11.5. The van der Waals surface area contributed by atoms with Gasteiger partial charge in [-0.2, -0.15) is 5.10 Å². The highest BCUT2D eigenvalue weighted by molar-refractivity contribution is 6.30. The van der Waals surface area contributed by atoms with Gasteiger partial charge in [0.1, 0.15) is 18.2 Å². The Morgan fingerprint density at radius 3 is 2.63 bits per heavy atom. The topological polar surface area (TPSA) is 70.2 Å². The van der Waals surface area contributed by atoms with Gasteiger partial charge in [-0.1, -0.05) is 29.8 Å². The summed E-state index contributed by atoms with van der Waals surface area (Å²) in [5, 5.41) is 4.94. The molecule has 2 aliphatic heterocycles. The molecule has 43 heavy (non-hydrogen) atoms. The maximum atomic E-state index is 14.2. The molecule has 5 heterocycles. The summed E-state index contributed by atoms with van der Waals surface area (Å²) in [6.45, 7) is 4.46. The number of halogens is 2. The smallest absolute Gasteiger partial charge is 0.213 e. The summed E-state index contributed by atoms with van der Waals surface area (Å²) in [5.74, 6) is 1.55. The summed E-state index contributed by atoms with van der Waals surface area (Å²) >= 11 is 5.87. The molecule has 0 unspecified atom stereocenters. The van der Waals surface area contributed by atoms with Crippen LogP contribution in [0.25, 0.3) is 22.3 Å². The van der Waals surface area contributed by atoms with E-state index in [2.05, 4.69) is 38.8 Å². The molecule has 3 aromatic heterocycles. The highest BCUT2D eigenvalue weighted by Crippen LogP contribution is 2.31. The minimum atomic E-state index is -0.376. The van der Waals surface area contributed by atoms with Crippen molar-refractivity contribution >= 4 is 22.6 Å². The van der Waals surface area contributed by atoms with Gasteiger partial charge >= 0.3 is 0 Å². The zero-order valence-corrected chi connectivity index (χ0v) is 24.9. The average Bonchev–Trinajstić information content (AvgIpc) is 3.57. The molecular formula is C33H34ClFN6O2. The van der Waals surface area contributed by atoms with Crippen LogP contribution in [0.2, 0.25) is 5.02 Å². The van der Waals surface area contributed by atoms with Crippen molar-refractivity contribution in [3.8, 4) is 17.1 Å². The highest BCUT2D eigenvalue weighted by atomic mass is 35.5. The summed E-state index contributed by atoms with van der Waals surface area (Å²) in [6, 6.07) is 18.9. The van der Waals surface area contributed by atoms with Crippen LogP contribution in [0.3, 0.4) is 0 Å². The predicted molar refractivity (Wildman–Crippen MR) is 164 cm³/mol. The predicted octanol–water partition coefficient (Wildman–Crippen LogP) is 6.37. The first kappa shape index (κ1) is 28.0. The van der Waals surface area contributed by atoms with E-state index in [1.165, 1.54) is 6.07 Å². The number of imidazole rings is 1. The molecule has 0 saturated carbocycles. The van der Waals surface area contributed by atoms with Crippen LogP contribution in [0.15, 0.2) is 66.9 Å². The number of hydrogen-bond donors (Lipinski definition) is 0. The third-order valence-corrected chi connectivity index (χ3v) is 8.76. The Kier molecular flexibility index (Phi) is 7.86. The van der Waals surface area contributed by atoms with Crippen LogP contribution >= 0.6 is 11.6 Å². The van der Waals surface area contributed by atoms with Crippen molar-refractivity contribution in [1.82, 2.24) is 29.2 Å². The second-order valence-corrected chi connectivity index (χ2v) is 11.9. The molecule has 0 radical (unpaired) electrons. The number of likely N-dealkylation sites (tertiary alicyclic amines) is 1. The average molecular weight is 601 g/mol. The number of ether oxygens (including phenoxy) is 2. The van der Waals surface area contributed by atoms with Crippen LogP contribution in [0, 0.1) is 5.82 Å². The number of piperidine rings is 1. The van der Waals surface area contributed by atoms with Gasteiger partial charge in [-0.15, -0.1) is 0 Å². The van der Waals surface area contributed by atoms with Gasteiger partial charge in [-0.25, -0.2) is 14.4 Å². The van der Waals surface area contributed by atoms with E-state index in [4.69, 9.17) is 31.0 Å². The Labute approximate surface area is 255 Å². The molecule has 2 fully saturated rings. The van der Waals surface area contributed by atoms with E-state index < -0.39 is 0 Å². The Bertz CT molecular complexity index is 1740. The van der Waals surface area contributed by atoms with Crippen LogP contribution in [-0.2, 0) is 31.5 Å². The van der Waals surface area contributed by atoms with E-state index in [1.807, 2.05) is 36.1 Å². The maximum absolute atomic E-state index is 14.2. The van der Waals surface area contributed by atoms with Crippen molar-refractivity contribution in [2.75, 3.05) is 19.7 Å². The zero-order valence-electron chi connectivity index (χ0n) is 24.1. The third kappa shape index (κ3) is 6.16. The first-order valence-corrected chi connectivity index (χ1v) is 15.2. The molecular weight excluding hydrogens is 567 g/mol. The Hall–Kier alpha value is -3.79. The molecule has 5 aromatic rings. The van der Waals surface area contributed by atoms with Crippen LogP contribution in [0.4, 0.5) is 4.39 Å². The fraction of sp³-hybridized carbons (Fsp3) is 0.364. The number of hydrogen-bond acceptors (Lipinski definition) is 6. The van der Waals surface area contributed by atoms with Crippen LogP contribution in [0.1, 0.15) is 42.3 Å². The summed E-state index contributed by atoms with van der Waals surface area (Å²) in [4.78, 5) is 12.4. The normalized spacial score (nSPS) is 17.8. The van der Waals surface area contributed by atoms with Crippen molar-refractivity contribution in [2.45, 2.75) is 51.0 Å². The van der Waals surface area contributed by atoms with E-state index in [-0.39, 0.29) is 18.5 Å². The minimum Gasteiger partial charge on any atom is -0.473 e. The first-order chi connectivity index (χ1) is 21.0. The minimum absolute atomic E-state index is 0.105. The molecule has 0 bridgehead atoms. The molecule has 10 heteroatoms. The first-order valence-electron chi connectivity index (χ1n) is 14.9. The quantitative estimate of drug-likeness (QED) is 0.196. The maximum Gasteiger partial charge on any atom is 0.213 e. The molecule has 0 aliphatic carbocycles. The third-order valence-electron chi connectivity index (χ3n) is 8.52. The van der Waals surface area contributed by atoms with Gasteiger partial charge in [0.2, 0.25) is 5.88 Å². The van der Waals surface area contributed by atoms with Crippen LogP contribution in [-0.4, -0.2) is 55.0 Å². The van der Waals surface area contributed by atoms with Gasteiger partial charge in [-0.05, 0) is 68.8 Å². The largest absolute Gasteiger partial charge is 0.473 e. The van der Waals surface area contributed by atoms with Crippen molar-refractivity contribution < 1.29 is 13.9 Å². The summed E-state index contributed by atoms with van der Waals surface area (Å²) in [7, 11) is 1.93. The molecule has 2 aliphatic rings. The van der Waals surface area contributed by atoms with E-state index in [1.54, 1.807) is 12.1 Å². The summed E-state index contributed by atoms with van der Waals surface area (Å²) < 4.78 is 30.0. The van der Waals surface area contributed by atoms with E-state index in [0.717, 1.165) is 85.9 Å². The lowest BCUT2D eigenvalue weighted by molar-refractivity contribution is -0.0592. The molecule has 7 rings (SSSR count). The van der Waals surface area contributed by atoms with Crippen molar-refractivity contribution in [1.29, 1.82) is 0 Å². The van der Waals surface area contributed by atoms with Crippen molar-refractivity contribution in [3.05, 3.63) is 94.8 Å².